The van der Waals surface area contributed by atoms with Gasteiger partial charge in [-0.1, -0.05) is 0 Å². The Labute approximate surface area is 124 Å². The van der Waals surface area contributed by atoms with Gasteiger partial charge in [0.15, 0.2) is 0 Å². The number of piperazine rings is 1. The van der Waals surface area contributed by atoms with Crippen LogP contribution in [0.3, 0.4) is 0 Å². The summed E-state index contributed by atoms with van der Waals surface area (Å²) in [4.78, 5) is 37.8. The Hall–Kier alpha value is -1.99. The predicted octanol–water partition coefficient (Wildman–Crippen LogP) is 0.422. The van der Waals surface area contributed by atoms with Crippen LogP contribution in [-0.4, -0.2) is 73.3 Å². The molecule has 1 aliphatic heterocycles. The van der Waals surface area contributed by atoms with Gasteiger partial charge < -0.3 is 24.6 Å². The van der Waals surface area contributed by atoms with E-state index in [0.717, 1.165) is 0 Å². The number of nitrogens with one attached hydrogen (secondary N) is 1. The molecule has 0 saturated carbocycles. The summed E-state index contributed by atoms with van der Waals surface area (Å²) in [6, 6.07) is 0. The fourth-order valence-electron chi connectivity index (χ4n) is 1.84. The van der Waals surface area contributed by atoms with Gasteiger partial charge in [0.25, 0.3) is 0 Å². The summed E-state index contributed by atoms with van der Waals surface area (Å²) in [5, 5.41) is 2.42. The van der Waals surface area contributed by atoms with E-state index in [1.165, 1.54) is 12.0 Å². The van der Waals surface area contributed by atoms with Crippen molar-refractivity contribution < 1.29 is 23.9 Å². The molecule has 0 aromatic carbocycles. The lowest BCUT2D eigenvalue weighted by Crippen LogP contribution is -2.52. The molecule has 8 nitrogen and oxygen atoms in total. The molecule has 1 aliphatic rings. The highest BCUT2D eigenvalue weighted by atomic mass is 16.6. The molecule has 0 atom stereocenters. The first-order valence-electron chi connectivity index (χ1n) is 6.80. The van der Waals surface area contributed by atoms with Crippen LogP contribution in [0.1, 0.15) is 20.8 Å². The van der Waals surface area contributed by atoms with Crippen molar-refractivity contribution in [2.75, 3.05) is 39.8 Å². The topological polar surface area (TPSA) is 88.2 Å². The molecule has 8 heteroatoms. The van der Waals surface area contributed by atoms with Gasteiger partial charge in [-0.15, -0.1) is 0 Å². The number of hydrogen-bond acceptors (Lipinski definition) is 5. The van der Waals surface area contributed by atoms with Gasteiger partial charge in [0.2, 0.25) is 5.91 Å². The number of alkyl carbamates (subject to hydrolysis) is 1. The van der Waals surface area contributed by atoms with E-state index >= 15 is 0 Å². The average molecular weight is 301 g/mol. The molecule has 3 amide bonds. The summed E-state index contributed by atoms with van der Waals surface area (Å²) in [6.45, 7) is 6.82. The van der Waals surface area contributed by atoms with Crippen LogP contribution in [0.15, 0.2) is 0 Å². The van der Waals surface area contributed by atoms with E-state index in [9.17, 15) is 14.4 Å². The van der Waals surface area contributed by atoms with E-state index in [0.29, 0.717) is 26.2 Å². The summed E-state index contributed by atoms with van der Waals surface area (Å²) < 4.78 is 9.67. The molecule has 0 spiro atoms. The fourth-order valence-corrected chi connectivity index (χ4v) is 1.84. The molecule has 120 valence electrons. The van der Waals surface area contributed by atoms with Crippen LogP contribution in [0, 0.1) is 0 Å². The van der Waals surface area contributed by atoms with Gasteiger partial charge in [-0.05, 0) is 20.8 Å². The minimum absolute atomic E-state index is 0.118. The van der Waals surface area contributed by atoms with Gasteiger partial charge in [0.1, 0.15) is 12.1 Å². The van der Waals surface area contributed by atoms with Crippen LogP contribution in [0.2, 0.25) is 0 Å². The van der Waals surface area contributed by atoms with E-state index < -0.39 is 17.8 Å². The molecule has 0 radical (unpaired) electrons. The summed E-state index contributed by atoms with van der Waals surface area (Å²) in [6.07, 6.45) is -1.02. The van der Waals surface area contributed by atoms with Crippen molar-refractivity contribution in [3.05, 3.63) is 0 Å². The third kappa shape index (κ3) is 5.88. The maximum atomic E-state index is 11.9. The van der Waals surface area contributed by atoms with Crippen molar-refractivity contribution in [3.63, 3.8) is 0 Å². The maximum absolute atomic E-state index is 11.9. The number of methoxy groups -OCH3 is 1. The summed E-state index contributed by atoms with van der Waals surface area (Å²) >= 11 is 0. The van der Waals surface area contributed by atoms with Gasteiger partial charge >= 0.3 is 12.2 Å². The zero-order valence-electron chi connectivity index (χ0n) is 13.0. The lowest BCUT2D eigenvalue weighted by atomic mass is 10.2. The molecule has 1 rings (SSSR count). The first-order chi connectivity index (χ1) is 9.73. The van der Waals surface area contributed by atoms with Crippen molar-refractivity contribution in [1.29, 1.82) is 0 Å². The first-order valence-corrected chi connectivity index (χ1v) is 6.80. The molecular formula is C13H23N3O5. The van der Waals surface area contributed by atoms with Crippen molar-refractivity contribution in [2.45, 2.75) is 26.4 Å². The second-order valence-electron chi connectivity index (χ2n) is 5.69. The van der Waals surface area contributed by atoms with Gasteiger partial charge in [-0.2, -0.15) is 0 Å². The summed E-state index contributed by atoms with van der Waals surface area (Å²) in [5.74, 6) is -0.203. The summed E-state index contributed by atoms with van der Waals surface area (Å²) in [5.41, 5.74) is -0.598. The van der Waals surface area contributed by atoms with E-state index in [2.05, 4.69) is 10.1 Å². The highest BCUT2D eigenvalue weighted by molar-refractivity contribution is 5.82. The molecule has 21 heavy (non-hydrogen) atoms. The molecule has 0 aliphatic carbocycles. The first kappa shape index (κ1) is 17.1. The van der Waals surface area contributed by atoms with Gasteiger partial charge in [0, 0.05) is 26.2 Å². The number of hydrogen-bond donors (Lipinski definition) is 1. The highest BCUT2D eigenvalue weighted by Crippen LogP contribution is 2.07. The molecule has 0 unspecified atom stereocenters. The third-order valence-electron chi connectivity index (χ3n) is 2.85. The molecular weight excluding hydrogens is 278 g/mol. The zero-order valence-corrected chi connectivity index (χ0v) is 13.0. The molecule has 1 fully saturated rings. The van der Waals surface area contributed by atoms with E-state index in [-0.39, 0.29) is 12.5 Å². The molecule has 1 heterocycles. The van der Waals surface area contributed by atoms with Crippen LogP contribution < -0.4 is 5.32 Å². The lowest BCUT2D eigenvalue weighted by molar-refractivity contribution is -0.131. The minimum atomic E-state index is -0.621. The molecule has 0 aromatic rings. The lowest BCUT2D eigenvalue weighted by Gasteiger charge is -2.33. The third-order valence-corrected chi connectivity index (χ3v) is 2.85. The largest absolute Gasteiger partial charge is 0.453 e. The second-order valence-corrected chi connectivity index (χ2v) is 5.69. The number of nitrogens with zero attached hydrogens (tertiary/aromatic N) is 2. The molecule has 0 aromatic heterocycles. The Bertz CT molecular complexity index is 397. The quantitative estimate of drug-likeness (QED) is 0.798. The minimum Gasteiger partial charge on any atom is -0.453 e. The number of amides is 3. The van der Waals surface area contributed by atoms with Crippen LogP contribution in [0.25, 0.3) is 0 Å². The number of ether oxygens (including phenoxy) is 2. The number of carbonyl (C=O) groups is 3. The van der Waals surface area contributed by atoms with Crippen LogP contribution in [-0.2, 0) is 14.3 Å². The van der Waals surface area contributed by atoms with Crippen molar-refractivity contribution in [2.24, 2.45) is 0 Å². The Balaban J connectivity index is 2.31. The Morgan fingerprint density at radius 2 is 1.57 bits per heavy atom. The maximum Gasteiger partial charge on any atom is 0.409 e. The average Bonchev–Trinajstić information content (AvgIpc) is 2.42. The molecule has 1 saturated heterocycles. The van der Waals surface area contributed by atoms with E-state index in [1.807, 2.05) is 0 Å². The Morgan fingerprint density at radius 1 is 1.05 bits per heavy atom. The van der Waals surface area contributed by atoms with Crippen molar-refractivity contribution >= 4 is 18.1 Å². The zero-order chi connectivity index (χ0) is 16.0. The second kappa shape index (κ2) is 7.14. The van der Waals surface area contributed by atoms with Crippen LogP contribution in [0.4, 0.5) is 9.59 Å². The Kier molecular flexibility index (Phi) is 5.80. The van der Waals surface area contributed by atoms with Gasteiger partial charge in [-0.25, -0.2) is 9.59 Å². The standard InChI is InChI=1S/C13H23N3O5/c1-13(2,3)21-11(18)14-9-10(17)15-5-7-16(8-6-15)12(19)20-4/h5-9H2,1-4H3,(H,14,18). The normalized spacial score (nSPS) is 15.4. The summed E-state index contributed by atoms with van der Waals surface area (Å²) in [7, 11) is 1.32. The monoisotopic (exact) mass is 301 g/mol. The van der Waals surface area contributed by atoms with Gasteiger partial charge in [-0.3, -0.25) is 4.79 Å². The van der Waals surface area contributed by atoms with Crippen molar-refractivity contribution in [3.8, 4) is 0 Å². The van der Waals surface area contributed by atoms with Gasteiger partial charge in [0.05, 0.1) is 7.11 Å². The molecule has 0 bridgehead atoms. The van der Waals surface area contributed by atoms with E-state index in [4.69, 9.17) is 4.74 Å². The Morgan fingerprint density at radius 3 is 2.05 bits per heavy atom. The fraction of sp³-hybridized carbons (Fsp3) is 0.769. The van der Waals surface area contributed by atoms with Crippen LogP contribution >= 0.6 is 0 Å². The van der Waals surface area contributed by atoms with Crippen LogP contribution in [0.5, 0.6) is 0 Å². The highest BCUT2D eigenvalue weighted by Gasteiger charge is 2.25. The SMILES string of the molecule is COC(=O)N1CCN(C(=O)CNC(=O)OC(C)(C)C)CC1. The molecule has 1 N–H and O–H groups in total. The van der Waals surface area contributed by atoms with Crippen molar-refractivity contribution in [1.82, 2.24) is 15.1 Å². The number of carbonyl (C=O) groups excluding carboxylic acids is 3. The number of rotatable bonds is 2. The predicted molar refractivity (Wildman–Crippen MR) is 74.8 cm³/mol. The smallest absolute Gasteiger partial charge is 0.409 e. The van der Waals surface area contributed by atoms with E-state index in [1.54, 1.807) is 25.7 Å².